The number of anilines is 3. The molecule has 59 heavy (non-hydrogen) atoms. The zero-order valence-electron chi connectivity index (χ0n) is 32.5. The van der Waals surface area contributed by atoms with Gasteiger partial charge in [-0.05, 0) is 131 Å². The molecule has 0 atom stereocenters. The minimum absolute atomic E-state index is 1.09. The molecule has 11 aromatic rings. The van der Waals surface area contributed by atoms with E-state index in [-0.39, 0.29) is 0 Å². The maximum absolute atomic E-state index is 2.44. The van der Waals surface area contributed by atoms with E-state index in [1.165, 1.54) is 87.6 Å². The van der Waals surface area contributed by atoms with Crippen molar-refractivity contribution in [2.45, 2.75) is 0 Å². The molecule has 0 aromatic heterocycles. The van der Waals surface area contributed by atoms with E-state index >= 15 is 0 Å². The van der Waals surface area contributed by atoms with Crippen molar-refractivity contribution >= 4 is 60.2 Å². The van der Waals surface area contributed by atoms with Gasteiger partial charge in [-0.1, -0.05) is 188 Å². The van der Waals surface area contributed by atoms with E-state index in [0.717, 1.165) is 17.1 Å². The monoisotopic (exact) mass is 749 g/mol. The van der Waals surface area contributed by atoms with Gasteiger partial charge in [0.1, 0.15) is 0 Å². The maximum Gasteiger partial charge on any atom is 0.0546 e. The summed E-state index contributed by atoms with van der Waals surface area (Å²) in [5.74, 6) is 0. The molecule has 11 aromatic carbocycles. The number of fused-ring (bicyclic) bond motifs is 6. The van der Waals surface area contributed by atoms with Crippen LogP contribution in [0.4, 0.5) is 17.1 Å². The fourth-order valence-electron chi connectivity index (χ4n) is 8.83. The molecule has 276 valence electrons. The Bertz CT molecular complexity index is 3310. The number of hydrogen-bond acceptors (Lipinski definition) is 1. The van der Waals surface area contributed by atoms with Crippen LogP contribution in [0.2, 0.25) is 0 Å². The number of benzene rings is 11. The highest BCUT2D eigenvalue weighted by Gasteiger charge is 2.19. The maximum atomic E-state index is 2.44. The first kappa shape index (κ1) is 34.5. The Balaban J connectivity index is 1.08. The molecule has 1 nitrogen and oxygen atoms in total. The van der Waals surface area contributed by atoms with Gasteiger partial charge in [-0.25, -0.2) is 0 Å². The third kappa shape index (κ3) is 6.40. The summed E-state index contributed by atoms with van der Waals surface area (Å²) < 4.78 is 0. The quantitative estimate of drug-likeness (QED) is 0.147. The molecule has 11 rings (SSSR count). The third-order valence-corrected chi connectivity index (χ3v) is 11.8. The Morgan fingerprint density at radius 3 is 1.41 bits per heavy atom. The van der Waals surface area contributed by atoms with Crippen LogP contribution in [-0.4, -0.2) is 0 Å². The Hall–Kier alpha value is -7.74. The van der Waals surface area contributed by atoms with Crippen molar-refractivity contribution in [1.29, 1.82) is 0 Å². The van der Waals surface area contributed by atoms with E-state index < -0.39 is 0 Å². The van der Waals surface area contributed by atoms with E-state index in [4.69, 9.17) is 0 Å². The second-order valence-electron chi connectivity index (χ2n) is 15.3. The lowest BCUT2D eigenvalue weighted by Gasteiger charge is -2.28. The first-order valence-corrected chi connectivity index (χ1v) is 20.3. The second kappa shape index (κ2) is 14.6. The molecule has 0 bridgehead atoms. The second-order valence-corrected chi connectivity index (χ2v) is 15.3. The van der Waals surface area contributed by atoms with Gasteiger partial charge in [0.05, 0.1) is 5.69 Å². The van der Waals surface area contributed by atoms with Gasteiger partial charge < -0.3 is 4.90 Å². The fourth-order valence-corrected chi connectivity index (χ4v) is 8.83. The van der Waals surface area contributed by atoms with Crippen LogP contribution in [0, 0.1) is 0 Å². The largest absolute Gasteiger partial charge is 0.310 e. The van der Waals surface area contributed by atoms with Crippen molar-refractivity contribution in [3.63, 3.8) is 0 Å². The summed E-state index contributed by atoms with van der Waals surface area (Å²) in [6.45, 7) is 0. The summed E-state index contributed by atoms with van der Waals surface area (Å²) in [4.78, 5) is 2.44. The van der Waals surface area contributed by atoms with Crippen LogP contribution in [0.1, 0.15) is 0 Å². The molecule has 0 aliphatic heterocycles. The van der Waals surface area contributed by atoms with Crippen molar-refractivity contribution in [3.05, 3.63) is 237 Å². The highest BCUT2D eigenvalue weighted by atomic mass is 15.1. The summed E-state index contributed by atoms with van der Waals surface area (Å²) in [7, 11) is 0. The van der Waals surface area contributed by atoms with Gasteiger partial charge in [-0.2, -0.15) is 0 Å². The van der Waals surface area contributed by atoms with E-state index in [2.05, 4.69) is 241 Å². The standard InChI is InChI=1S/C58H39N/c1-3-13-40(14-4-1)45-19-11-20-46(35-45)42-27-31-51(32-28-42)59(52-22-12-21-47(37-52)41-15-5-2-6-16-41)58-39-50(36-49-18-8-10-24-54(49)58)48-26-25-44-30-33-55-53-23-9-7-17-43(53)29-34-56(55)57(44)38-48/h1-39H. The van der Waals surface area contributed by atoms with Crippen LogP contribution >= 0.6 is 0 Å². The van der Waals surface area contributed by atoms with Gasteiger partial charge in [0.15, 0.2) is 0 Å². The highest BCUT2D eigenvalue weighted by molar-refractivity contribution is 6.18. The smallest absolute Gasteiger partial charge is 0.0546 e. The van der Waals surface area contributed by atoms with Gasteiger partial charge >= 0.3 is 0 Å². The molecule has 0 saturated heterocycles. The number of hydrogen-bond donors (Lipinski definition) is 0. The predicted octanol–water partition coefficient (Wildman–Crippen LogP) is 16.4. The molecule has 0 aliphatic rings. The van der Waals surface area contributed by atoms with E-state index in [0.29, 0.717) is 0 Å². The molecule has 0 amide bonds. The van der Waals surface area contributed by atoms with Gasteiger partial charge in [-0.15, -0.1) is 0 Å². The number of nitrogens with zero attached hydrogens (tertiary/aromatic N) is 1. The molecule has 0 fully saturated rings. The third-order valence-electron chi connectivity index (χ3n) is 11.8. The molecular weight excluding hydrogens is 711 g/mol. The van der Waals surface area contributed by atoms with Crippen LogP contribution in [-0.2, 0) is 0 Å². The van der Waals surface area contributed by atoms with Crippen molar-refractivity contribution < 1.29 is 0 Å². The molecule has 0 N–H and O–H groups in total. The average Bonchev–Trinajstić information content (AvgIpc) is 3.32. The van der Waals surface area contributed by atoms with E-state index in [1.807, 2.05) is 0 Å². The summed E-state index contributed by atoms with van der Waals surface area (Å²) >= 11 is 0. The normalized spacial score (nSPS) is 11.4. The van der Waals surface area contributed by atoms with Crippen molar-refractivity contribution in [3.8, 4) is 44.5 Å². The first-order chi connectivity index (χ1) is 29.2. The molecule has 1 heteroatoms. The number of rotatable bonds is 7. The molecule has 0 saturated carbocycles. The van der Waals surface area contributed by atoms with Crippen LogP contribution in [0.25, 0.3) is 87.6 Å². The van der Waals surface area contributed by atoms with Crippen LogP contribution in [0.15, 0.2) is 237 Å². The molecule has 0 radical (unpaired) electrons. The minimum atomic E-state index is 1.09. The summed E-state index contributed by atoms with van der Waals surface area (Å²) in [6.07, 6.45) is 0. The average molecular weight is 750 g/mol. The molecular formula is C58H39N. The Morgan fingerprint density at radius 1 is 0.203 bits per heavy atom. The first-order valence-electron chi connectivity index (χ1n) is 20.3. The van der Waals surface area contributed by atoms with E-state index in [9.17, 15) is 0 Å². The molecule has 0 spiro atoms. The highest BCUT2D eigenvalue weighted by Crippen LogP contribution is 2.44. The van der Waals surface area contributed by atoms with Gasteiger partial charge in [0.25, 0.3) is 0 Å². The summed E-state index contributed by atoms with van der Waals surface area (Å²) in [5.41, 5.74) is 12.9. The van der Waals surface area contributed by atoms with Crippen LogP contribution in [0.5, 0.6) is 0 Å². The summed E-state index contributed by atoms with van der Waals surface area (Å²) in [5, 5.41) is 10.0. The van der Waals surface area contributed by atoms with Crippen molar-refractivity contribution in [2.75, 3.05) is 4.90 Å². The summed E-state index contributed by atoms with van der Waals surface area (Å²) in [6, 6.07) is 86.4. The lowest BCUT2D eigenvalue weighted by atomic mass is 9.93. The van der Waals surface area contributed by atoms with Crippen LogP contribution in [0.3, 0.4) is 0 Å². The Labute approximate surface area is 344 Å². The van der Waals surface area contributed by atoms with Crippen molar-refractivity contribution in [1.82, 2.24) is 0 Å². The SMILES string of the molecule is c1ccc(-c2cccc(-c3ccc(N(c4cccc(-c5ccccc5)c4)c4cc(-c5ccc6ccc7c8ccccc8ccc7c6c5)cc5ccccc45)cc3)c2)cc1. The Morgan fingerprint density at radius 2 is 0.695 bits per heavy atom. The Kier molecular flexibility index (Phi) is 8.56. The van der Waals surface area contributed by atoms with Gasteiger partial charge in [0.2, 0.25) is 0 Å². The molecule has 0 unspecified atom stereocenters. The topological polar surface area (TPSA) is 3.24 Å². The molecule has 0 aliphatic carbocycles. The zero-order valence-corrected chi connectivity index (χ0v) is 32.5. The molecule has 0 heterocycles. The van der Waals surface area contributed by atoms with Gasteiger partial charge in [-0.3, -0.25) is 0 Å². The lowest BCUT2D eigenvalue weighted by molar-refractivity contribution is 1.30. The van der Waals surface area contributed by atoms with E-state index in [1.54, 1.807) is 0 Å². The van der Waals surface area contributed by atoms with Gasteiger partial charge in [0, 0.05) is 16.8 Å². The minimum Gasteiger partial charge on any atom is -0.310 e. The lowest BCUT2D eigenvalue weighted by Crippen LogP contribution is -2.11. The fraction of sp³-hybridized carbons (Fsp3) is 0. The van der Waals surface area contributed by atoms with Crippen molar-refractivity contribution in [2.24, 2.45) is 0 Å². The zero-order chi connectivity index (χ0) is 39.1. The van der Waals surface area contributed by atoms with Crippen LogP contribution < -0.4 is 4.90 Å². The predicted molar refractivity (Wildman–Crippen MR) is 253 cm³/mol.